The highest BCUT2D eigenvalue weighted by molar-refractivity contribution is 5.60. The van der Waals surface area contributed by atoms with Gasteiger partial charge in [-0.3, -0.25) is 4.99 Å². The van der Waals surface area contributed by atoms with Crippen LogP contribution in [0.5, 0.6) is 0 Å². The van der Waals surface area contributed by atoms with Gasteiger partial charge in [-0.1, -0.05) is 30.3 Å². The third-order valence-electron chi connectivity index (χ3n) is 3.38. The summed E-state index contributed by atoms with van der Waals surface area (Å²) in [4.78, 5) is 4.56. The summed E-state index contributed by atoms with van der Waals surface area (Å²) in [6.07, 6.45) is 0.829. The molecule has 0 aliphatic rings. The van der Waals surface area contributed by atoms with E-state index in [1.807, 2.05) is 25.2 Å². The Morgan fingerprint density at radius 2 is 2.05 bits per heavy atom. The van der Waals surface area contributed by atoms with Gasteiger partial charge in [-0.15, -0.1) is 0 Å². The molecular formula is C16H19N5. The van der Waals surface area contributed by atoms with Gasteiger partial charge in [0, 0.05) is 26.7 Å². The van der Waals surface area contributed by atoms with Crippen molar-refractivity contribution in [3.05, 3.63) is 53.0 Å². The van der Waals surface area contributed by atoms with Crippen LogP contribution < -0.4 is 16.5 Å². The number of hydrogen-bond donors (Lipinski definition) is 2. The van der Waals surface area contributed by atoms with Gasteiger partial charge in [0.25, 0.3) is 0 Å². The van der Waals surface area contributed by atoms with Gasteiger partial charge in [0.15, 0.2) is 0 Å². The van der Waals surface area contributed by atoms with Gasteiger partial charge >= 0.3 is 0 Å². The number of aromatic nitrogens is 1. The fourth-order valence-corrected chi connectivity index (χ4v) is 2.16. The van der Waals surface area contributed by atoms with E-state index < -0.39 is 0 Å². The highest BCUT2D eigenvalue weighted by Crippen LogP contribution is 2.13. The molecular weight excluding hydrogens is 262 g/mol. The fraction of sp³-hybridized carbons (Fsp3) is 0.250. The third-order valence-corrected chi connectivity index (χ3v) is 3.38. The van der Waals surface area contributed by atoms with Crippen molar-refractivity contribution in [3.8, 4) is 6.07 Å². The maximum atomic E-state index is 9.36. The minimum atomic E-state index is 0.516. The fourth-order valence-electron chi connectivity index (χ4n) is 2.16. The van der Waals surface area contributed by atoms with Crippen molar-refractivity contribution < 1.29 is 0 Å². The first-order chi connectivity index (χ1) is 10.2. The number of nitrogens with zero attached hydrogens (tertiary/aromatic N) is 3. The van der Waals surface area contributed by atoms with Crippen LogP contribution in [0.4, 0.5) is 11.5 Å². The molecule has 2 aromatic rings. The largest absolute Gasteiger partial charge is 0.387 e. The lowest BCUT2D eigenvalue weighted by molar-refractivity contribution is 0.801. The van der Waals surface area contributed by atoms with Crippen molar-refractivity contribution in [2.45, 2.75) is 6.42 Å². The number of nitrogens with one attached hydrogen (secondary N) is 1. The van der Waals surface area contributed by atoms with E-state index >= 15 is 0 Å². The van der Waals surface area contributed by atoms with Gasteiger partial charge in [0.2, 0.25) is 0 Å². The topological polar surface area (TPSA) is 79.1 Å². The van der Waals surface area contributed by atoms with Crippen molar-refractivity contribution in [1.82, 2.24) is 4.57 Å². The standard InChI is InChI=1S/C16H19N5/c1-19-14-10-15(18)21(2)16(13(14)11-17)20-9-8-12-6-4-3-5-7-12/h3-7,10,19H,8-9,18H2,1-2H3. The van der Waals surface area contributed by atoms with Crippen molar-refractivity contribution in [3.63, 3.8) is 0 Å². The molecule has 0 atom stereocenters. The Morgan fingerprint density at radius 3 is 2.67 bits per heavy atom. The first-order valence-corrected chi connectivity index (χ1v) is 6.79. The molecule has 0 aliphatic carbocycles. The Hall–Kier alpha value is -2.74. The molecule has 0 unspecified atom stereocenters. The maximum Gasteiger partial charge on any atom is 0.149 e. The summed E-state index contributed by atoms with van der Waals surface area (Å²) in [5.41, 5.74) is 9.00. The van der Waals surface area contributed by atoms with Gasteiger partial charge in [-0.2, -0.15) is 5.26 Å². The zero-order chi connectivity index (χ0) is 15.2. The number of hydrogen-bond acceptors (Lipinski definition) is 4. The molecule has 5 nitrogen and oxygen atoms in total. The second-order valence-corrected chi connectivity index (χ2v) is 4.72. The highest BCUT2D eigenvalue weighted by Gasteiger charge is 2.08. The van der Waals surface area contributed by atoms with Crippen LogP contribution in [-0.4, -0.2) is 18.2 Å². The number of anilines is 2. The lowest BCUT2D eigenvalue weighted by Crippen LogP contribution is -2.25. The predicted octanol–water partition coefficient (Wildman–Crippen LogP) is 1.66. The molecule has 2 rings (SSSR count). The second-order valence-electron chi connectivity index (χ2n) is 4.72. The Labute approximate surface area is 124 Å². The van der Waals surface area contributed by atoms with Crippen molar-refractivity contribution in [1.29, 1.82) is 5.26 Å². The van der Waals surface area contributed by atoms with E-state index in [2.05, 4.69) is 28.5 Å². The molecule has 0 aliphatic heterocycles. The maximum absolute atomic E-state index is 9.36. The molecule has 0 bridgehead atoms. The lowest BCUT2D eigenvalue weighted by Gasteiger charge is -2.11. The summed E-state index contributed by atoms with van der Waals surface area (Å²) in [5, 5.41) is 12.3. The first kappa shape index (κ1) is 14.7. The second kappa shape index (κ2) is 6.62. The number of nitriles is 1. The smallest absolute Gasteiger partial charge is 0.149 e. The van der Waals surface area contributed by atoms with E-state index in [9.17, 15) is 5.26 Å². The van der Waals surface area contributed by atoms with Crippen LogP contribution in [-0.2, 0) is 13.5 Å². The Bertz CT molecular complexity index is 723. The summed E-state index contributed by atoms with van der Waals surface area (Å²) in [7, 11) is 3.58. The molecule has 0 fully saturated rings. The molecule has 21 heavy (non-hydrogen) atoms. The molecule has 1 heterocycles. The van der Waals surface area contributed by atoms with Crippen molar-refractivity contribution in [2.24, 2.45) is 12.0 Å². The van der Waals surface area contributed by atoms with Gasteiger partial charge in [0.1, 0.15) is 22.9 Å². The number of rotatable bonds is 4. The molecule has 0 saturated carbocycles. The molecule has 3 N–H and O–H groups in total. The van der Waals surface area contributed by atoms with Gasteiger partial charge in [0.05, 0.1) is 5.69 Å². The molecule has 108 valence electrons. The summed E-state index contributed by atoms with van der Waals surface area (Å²) >= 11 is 0. The normalized spacial score (nSPS) is 11.2. The zero-order valence-electron chi connectivity index (χ0n) is 12.3. The van der Waals surface area contributed by atoms with E-state index in [0.29, 0.717) is 29.1 Å². The van der Waals surface area contributed by atoms with Gasteiger partial charge < -0.3 is 15.6 Å². The van der Waals surface area contributed by atoms with Crippen LogP contribution in [0.25, 0.3) is 0 Å². The molecule has 0 amide bonds. The van der Waals surface area contributed by atoms with Crippen LogP contribution in [0, 0.1) is 11.3 Å². The van der Waals surface area contributed by atoms with Crippen LogP contribution >= 0.6 is 0 Å². The van der Waals surface area contributed by atoms with Crippen LogP contribution in [0.3, 0.4) is 0 Å². The van der Waals surface area contributed by atoms with Crippen molar-refractivity contribution >= 4 is 11.5 Å². The zero-order valence-corrected chi connectivity index (χ0v) is 12.3. The first-order valence-electron chi connectivity index (χ1n) is 6.79. The number of benzene rings is 1. The lowest BCUT2D eigenvalue weighted by atomic mass is 10.1. The van der Waals surface area contributed by atoms with Gasteiger partial charge in [-0.05, 0) is 12.0 Å². The van der Waals surface area contributed by atoms with Crippen LogP contribution in [0.15, 0.2) is 41.4 Å². The summed E-state index contributed by atoms with van der Waals surface area (Å²) in [6.45, 7) is 0.610. The minimum Gasteiger partial charge on any atom is -0.387 e. The number of nitrogens with two attached hydrogens (primary N) is 1. The number of nitrogen functional groups attached to an aromatic ring is 1. The van der Waals surface area contributed by atoms with Crippen LogP contribution in [0.1, 0.15) is 11.1 Å². The predicted molar refractivity (Wildman–Crippen MR) is 84.7 cm³/mol. The Balaban J connectivity index is 2.36. The molecule has 1 aromatic carbocycles. The number of pyridine rings is 1. The monoisotopic (exact) mass is 281 g/mol. The average Bonchev–Trinajstić information content (AvgIpc) is 2.52. The molecule has 0 radical (unpaired) electrons. The minimum absolute atomic E-state index is 0.516. The summed E-state index contributed by atoms with van der Waals surface area (Å²) < 4.78 is 1.74. The SMILES string of the molecule is CNc1cc(N)n(C)c(=NCCc2ccccc2)c1C#N. The molecule has 1 aromatic heterocycles. The molecule has 5 heteroatoms. The van der Waals surface area contributed by atoms with E-state index in [1.165, 1.54) is 5.56 Å². The van der Waals surface area contributed by atoms with E-state index in [-0.39, 0.29) is 0 Å². The molecule has 0 saturated heterocycles. The highest BCUT2D eigenvalue weighted by atomic mass is 15.1. The molecule has 0 spiro atoms. The van der Waals surface area contributed by atoms with Gasteiger partial charge in [-0.25, -0.2) is 0 Å². The van der Waals surface area contributed by atoms with E-state index in [0.717, 1.165) is 6.42 Å². The average molecular weight is 281 g/mol. The summed E-state index contributed by atoms with van der Waals surface area (Å²) in [6, 6.07) is 14.1. The van der Waals surface area contributed by atoms with Crippen LogP contribution in [0.2, 0.25) is 0 Å². The van der Waals surface area contributed by atoms with Crippen molar-refractivity contribution in [2.75, 3.05) is 24.6 Å². The van der Waals surface area contributed by atoms with E-state index in [4.69, 9.17) is 5.73 Å². The van der Waals surface area contributed by atoms with E-state index in [1.54, 1.807) is 17.7 Å². The Morgan fingerprint density at radius 1 is 1.33 bits per heavy atom. The Kier molecular flexibility index (Phi) is 4.62. The summed E-state index contributed by atoms with van der Waals surface area (Å²) in [5.74, 6) is 0.566. The quantitative estimate of drug-likeness (QED) is 0.894. The third kappa shape index (κ3) is 3.23.